The zero-order valence-electron chi connectivity index (χ0n) is 12.2. The van der Waals surface area contributed by atoms with Gasteiger partial charge in [0.25, 0.3) is 0 Å². The molecule has 1 atom stereocenters. The van der Waals surface area contributed by atoms with E-state index in [0.29, 0.717) is 13.0 Å². The molecule has 1 fully saturated rings. The summed E-state index contributed by atoms with van der Waals surface area (Å²) in [5.74, 6) is 0.112. The first-order chi connectivity index (χ1) is 9.37. The molecule has 4 nitrogen and oxygen atoms in total. The molecule has 1 saturated heterocycles. The monoisotopic (exact) mass is 295 g/mol. The molecule has 1 aromatic heterocycles. The molecule has 0 radical (unpaired) electrons. The minimum atomic E-state index is -0.498. The van der Waals surface area contributed by atoms with Gasteiger partial charge >= 0.3 is 6.09 Å². The van der Waals surface area contributed by atoms with Gasteiger partial charge in [0.1, 0.15) is 5.60 Å². The van der Waals surface area contributed by atoms with Crippen LogP contribution in [0.2, 0.25) is 0 Å². The lowest BCUT2D eigenvalue weighted by atomic mass is 10.1. The van der Waals surface area contributed by atoms with E-state index in [2.05, 4.69) is 0 Å². The number of amides is 1. The number of hydrogen-bond acceptors (Lipinski definition) is 4. The molecule has 0 aliphatic carbocycles. The summed E-state index contributed by atoms with van der Waals surface area (Å²) in [6, 6.07) is 3.68. The first kappa shape index (κ1) is 15.0. The van der Waals surface area contributed by atoms with E-state index >= 15 is 0 Å². The fourth-order valence-corrected chi connectivity index (χ4v) is 3.04. The predicted molar refractivity (Wildman–Crippen MR) is 79.2 cm³/mol. The Labute approximate surface area is 123 Å². The van der Waals surface area contributed by atoms with Gasteiger partial charge < -0.3 is 9.64 Å². The van der Waals surface area contributed by atoms with Gasteiger partial charge in [0.15, 0.2) is 5.78 Å². The summed E-state index contributed by atoms with van der Waals surface area (Å²) in [4.78, 5) is 26.8. The number of nitrogens with zero attached hydrogens (tertiary/aromatic N) is 1. The van der Waals surface area contributed by atoms with Crippen molar-refractivity contribution in [2.24, 2.45) is 0 Å². The van der Waals surface area contributed by atoms with Gasteiger partial charge in [-0.25, -0.2) is 4.79 Å². The SMILES string of the molecule is CC(C)(C)OC(=O)N1CCCC1CC(=O)c1cccs1. The molecule has 1 aliphatic heterocycles. The van der Waals surface area contributed by atoms with Gasteiger partial charge in [-0.2, -0.15) is 0 Å². The van der Waals surface area contributed by atoms with Crippen molar-refractivity contribution in [3.05, 3.63) is 22.4 Å². The van der Waals surface area contributed by atoms with Crippen molar-refractivity contribution < 1.29 is 14.3 Å². The summed E-state index contributed by atoms with van der Waals surface area (Å²) in [6.45, 7) is 6.24. The summed E-state index contributed by atoms with van der Waals surface area (Å²) in [7, 11) is 0. The van der Waals surface area contributed by atoms with Crippen LogP contribution < -0.4 is 0 Å². The zero-order valence-corrected chi connectivity index (χ0v) is 13.0. The van der Waals surface area contributed by atoms with Crippen molar-refractivity contribution in [1.29, 1.82) is 0 Å². The summed E-state index contributed by atoms with van der Waals surface area (Å²) in [6.07, 6.45) is 1.89. The standard InChI is InChI=1S/C15H21NO3S/c1-15(2,3)19-14(18)16-8-4-6-11(16)10-12(17)13-7-5-9-20-13/h5,7,9,11H,4,6,8,10H2,1-3H3. The Balaban J connectivity index is 1.97. The second-order valence-electron chi connectivity index (χ2n) is 6.07. The van der Waals surface area contributed by atoms with Gasteiger partial charge in [0.05, 0.1) is 4.88 Å². The lowest BCUT2D eigenvalue weighted by Crippen LogP contribution is -2.40. The summed E-state index contributed by atoms with van der Waals surface area (Å²) in [5.41, 5.74) is -0.498. The number of thiophene rings is 1. The number of Topliss-reactive ketones (excluding diaryl/α,β-unsaturated/α-hetero) is 1. The van der Waals surface area contributed by atoms with E-state index in [9.17, 15) is 9.59 Å². The van der Waals surface area contributed by atoms with Crippen LogP contribution in [0.15, 0.2) is 17.5 Å². The highest BCUT2D eigenvalue weighted by atomic mass is 32.1. The largest absolute Gasteiger partial charge is 0.444 e. The van der Waals surface area contributed by atoms with E-state index in [0.717, 1.165) is 17.7 Å². The smallest absolute Gasteiger partial charge is 0.410 e. The van der Waals surface area contributed by atoms with Crippen molar-refractivity contribution in [1.82, 2.24) is 4.90 Å². The fourth-order valence-electron chi connectivity index (χ4n) is 2.36. The molecule has 0 spiro atoms. The van der Waals surface area contributed by atoms with E-state index < -0.39 is 5.60 Å². The first-order valence-electron chi connectivity index (χ1n) is 6.93. The van der Waals surface area contributed by atoms with Gasteiger partial charge in [-0.1, -0.05) is 6.07 Å². The Bertz CT molecular complexity index is 476. The Morgan fingerprint density at radius 3 is 2.80 bits per heavy atom. The third-order valence-corrected chi connectivity index (χ3v) is 4.13. The van der Waals surface area contributed by atoms with Crippen LogP contribution in [0.5, 0.6) is 0 Å². The molecular weight excluding hydrogens is 274 g/mol. The summed E-state index contributed by atoms with van der Waals surface area (Å²) in [5, 5.41) is 1.90. The van der Waals surface area contributed by atoms with Crippen molar-refractivity contribution in [2.45, 2.75) is 51.7 Å². The van der Waals surface area contributed by atoms with Crippen LogP contribution in [0.1, 0.15) is 49.7 Å². The fraction of sp³-hybridized carbons (Fsp3) is 0.600. The maximum Gasteiger partial charge on any atom is 0.410 e. The van der Waals surface area contributed by atoms with Crippen LogP contribution in [-0.4, -0.2) is 35.0 Å². The van der Waals surface area contributed by atoms with Crippen LogP contribution in [0.3, 0.4) is 0 Å². The van der Waals surface area contributed by atoms with Crippen molar-refractivity contribution in [3.8, 4) is 0 Å². The quantitative estimate of drug-likeness (QED) is 0.798. The maximum absolute atomic E-state index is 12.1. The number of carbonyl (C=O) groups excluding carboxylic acids is 2. The molecule has 0 saturated carbocycles. The third kappa shape index (κ3) is 3.82. The van der Waals surface area contributed by atoms with Crippen molar-refractivity contribution in [2.75, 3.05) is 6.54 Å². The Kier molecular flexibility index (Phi) is 4.48. The van der Waals surface area contributed by atoms with Gasteiger partial charge in [0, 0.05) is 19.0 Å². The lowest BCUT2D eigenvalue weighted by Gasteiger charge is -2.28. The molecule has 2 rings (SSSR count). The first-order valence-corrected chi connectivity index (χ1v) is 7.81. The minimum absolute atomic E-state index is 0.0283. The van der Waals surface area contributed by atoms with Crippen LogP contribution in [0.25, 0.3) is 0 Å². The van der Waals surface area contributed by atoms with Gasteiger partial charge in [-0.3, -0.25) is 4.79 Å². The number of carbonyl (C=O) groups is 2. The summed E-state index contributed by atoms with van der Waals surface area (Å²) < 4.78 is 5.40. The third-order valence-electron chi connectivity index (χ3n) is 3.22. The molecule has 110 valence electrons. The summed E-state index contributed by atoms with van der Waals surface area (Å²) >= 11 is 1.45. The van der Waals surface area contributed by atoms with E-state index in [-0.39, 0.29) is 17.9 Å². The normalized spacial score (nSPS) is 19.1. The van der Waals surface area contributed by atoms with E-state index in [1.807, 2.05) is 38.3 Å². The van der Waals surface area contributed by atoms with E-state index in [1.54, 1.807) is 4.90 Å². The predicted octanol–water partition coefficient (Wildman–Crippen LogP) is 3.72. The number of ketones is 1. The molecule has 1 aliphatic rings. The lowest BCUT2D eigenvalue weighted by molar-refractivity contribution is 0.0223. The number of ether oxygens (including phenoxy) is 1. The Morgan fingerprint density at radius 2 is 2.20 bits per heavy atom. The highest BCUT2D eigenvalue weighted by Gasteiger charge is 2.33. The molecule has 0 N–H and O–H groups in total. The van der Waals surface area contributed by atoms with Crippen LogP contribution in [0.4, 0.5) is 4.79 Å². The van der Waals surface area contributed by atoms with Crippen molar-refractivity contribution >= 4 is 23.2 Å². The highest BCUT2D eigenvalue weighted by molar-refractivity contribution is 7.12. The molecule has 0 bridgehead atoms. The minimum Gasteiger partial charge on any atom is -0.444 e. The van der Waals surface area contributed by atoms with Crippen LogP contribution >= 0.6 is 11.3 Å². The average molecular weight is 295 g/mol. The molecular formula is C15H21NO3S. The van der Waals surface area contributed by atoms with Crippen LogP contribution in [0, 0.1) is 0 Å². The molecule has 20 heavy (non-hydrogen) atoms. The highest BCUT2D eigenvalue weighted by Crippen LogP contribution is 2.25. The van der Waals surface area contributed by atoms with Crippen LogP contribution in [-0.2, 0) is 4.74 Å². The second-order valence-corrected chi connectivity index (χ2v) is 7.02. The van der Waals surface area contributed by atoms with E-state index in [1.165, 1.54) is 11.3 Å². The zero-order chi connectivity index (χ0) is 14.8. The average Bonchev–Trinajstić information content (AvgIpc) is 2.96. The number of likely N-dealkylation sites (tertiary alicyclic amines) is 1. The Morgan fingerprint density at radius 1 is 1.45 bits per heavy atom. The second kappa shape index (κ2) is 5.95. The molecule has 1 unspecified atom stereocenters. The Hall–Kier alpha value is -1.36. The molecule has 2 heterocycles. The molecule has 1 aromatic rings. The number of hydrogen-bond donors (Lipinski definition) is 0. The molecule has 1 amide bonds. The van der Waals surface area contributed by atoms with Crippen molar-refractivity contribution in [3.63, 3.8) is 0 Å². The number of rotatable bonds is 3. The van der Waals surface area contributed by atoms with Gasteiger partial charge in [-0.15, -0.1) is 11.3 Å². The van der Waals surface area contributed by atoms with Gasteiger partial charge in [0.2, 0.25) is 0 Å². The topological polar surface area (TPSA) is 46.6 Å². The maximum atomic E-state index is 12.1. The molecule has 0 aromatic carbocycles. The molecule has 5 heteroatoms. The van der Waals surface area contributed by atoms with E-state index in [4.69, 9.17) is 4.74 Å². The van der Waals surface area contributed by atoms with Gasteiger partial charge in [-0.05, 0) is 45.1 Å².